The van der Waals surface area contributed by atoms with Gasteiger partial charge in [0.1, 0.15) is 0 Å². The van der Waals surface area contributed by atoms with Crippen molar-refractivity contribution in [3.05, 3.63) is 70.8 Å². The average molecular weight is 304 g/mol. The molecule has 0 atom stereocenters. The molecule has 0 N–H and O–H groups in total. The normalized spacial score (nSPS) is 16.0. The van der Waals surface area contributed by atoms with Crippen LogP contribution in [-0.4, -0.2) is 0 Å². The molecule has 1 aliphatic rings. The summed E-state index contributed by atoms with van der Waals surface area (Å²) in [6.45, 7) is 12.0. The highest BCUT2D eigenvalue weighted by molar-refractivity contribution is 5.56. The second-order valence-electron chi connectivity index (χ2n) is 5.29. The Morgan fingerprint density at radius 1 is 0.591 bits per heavy atom. The van der Waals surface area contributed by atoms with Crippen LogP contribution in [0.2, 0.25) is 0 Å². The van der Waals surface area contributed by atoms with Crippen molar-refractivity contribution < 1.29 is 8.78 Å². The molecule has 0 saturated heterocycles. The van der Waals surface area contributed by atoms with Gasteiger partial charge in [-0.25, -0.2) is 0 Å². The molecule has 2 heteroatoms. The van der Waals surface area contributed by atoms with Crippen molar-refractivity contribution in [2.75, 3.05) is 0 Å². The number of hydrogen-bond acceptors (Lipinski definition) is 0. The summed E-state index contributed by atoms with van der Waals surface area (Å²) in [4.78, 5) is 0. The Kier molecular flexibility index (Phi) is 5.87. The number of fused-ring (bicyclic) bond motifs is 2. The maximum Gasteiger partial charge on any atom is 0.299 e. The van der Waals surface area contributed by atoms with E-state index in [-0.39, 0.29) is 16.5 Å². The van der Waals surface area contributed by atoms with E-state index < -0.39 is 5.92 Å². The molecule has 120 valence electrons. The Bertz CT molecular complexity index is 507. The van der Waals surface area contributed by atoms with Crippen LogP contribution >= 0.6 is 0 Å². The van der Waals surface area contributed by atoms with Crippen LogP contribution < -0.4 is 0 Å². The van der Waals surface area contributed by atoms with E-state index in [1.807, 2.05) is 53.7 Å². The molecule has 3 rings (SSSR count). The number of benzene rings is 2. The first-order chi connectivity index (χ1) is 10.5. The Labute approximate surface area is 133 Å². The molecule has 0 aromatic heterocycles. The molecule has 0 unspecified atom stereocenters. The van der Waals surface area contributed by atoms with Gasteiger partial charge in [-0.3, -0.25) is 0 Å². The van der Waals surface area contributed by atoms with E-state index in [9.17, 15) is 8.78 Å². The summed E-state index contributed by atoms with van der Waals surface area (Å²) in [5.74, 6) is -2.90. The van der Waals surface area contributed by atoms with Crippen LogP contribution in [0.5, 0.6) is 0 Å². The first-order valence-corrected chi connectivity index (χ1v) is 8.03. The Hall–Kier alpha value is -1.70. The summed E-state index contributed by atoms with van der Waals surface area (Å²) in [5.41, 5.74) is 1.32. The first kappa shape index (κ1) is 18.3. The maximum absolute atomic E-state index is 14.5. The van der Waals surface area contributed by atoms with Gasteiger partial charge in [-0.2, -0.15) is 8.78 Å². The van der Waals surface area contributed by atoms with E-state index in [1.54, 1.807) is 24.3 Å². The summed E-state index contributed by atoms with van der Waals surface area (Å²) in [7, 11) is 0. The van der Waals surface area contributed by atoms with Gasteiger partial charge in [-0.1, -0.05) is 90.1 Å². The second-order valence-corrected chi connectivity index (χ2v) is 5.29. The fourth-order valence-corrected chi connectivity index (χ4v) is 2.89. The third kappa shape index (κ3) is 2.79. The standard InChI is InChI=1S/C16H14F2.2C2H6/c1-15(2)11-7-3-5-9-13(11)16(17,18)14-10-6-4-8-12(14)15;2*1-2/h3-10H,1-2H3;2*1-2H3. The molecular formula is C20H26F2. The van der Waals surface area contributed by atoms with Gasteiger partial charge in [-0.05, 0) is 11.1 Å². The molecule has 0 nitrogen and oxygen atoms in total. The van der Waals surface area contributed by atoms with Crippen LogP contribution in [0.15, 0.2) is 48.5 Å². The van der Waals surface area contributed by atoms with Gasteiger partial charge >= 0.3 is 0 Å². The minimum atomic E-state index is -2.90. The van der Waals surface area contributed by atoms with Gasteiger partial charge in [-0.15, -0.1) is 0 Å². The molecule has 1 aliphatic carbocycles. The minimum Gasteiger partial charge on any atom is -0.196 e. The Balaban J connectivity index is 0.000000561. The molecule has 2 aromatic carbocycles. The summed E-state index contributed by atoms with van der Waals surface area (Å²) in [6.07, 6.45) is 0. The van der Waals surface area contributed by atoms with Crippen molar-refractivity contribution in [2.45, 2.75) is 52.9 Å². The van der Waals surface area contributed by atoms with Gasteiger partial charge in [0.05, 0.1) is 0 Å². The van der Waals surface area contributed by atoms with E-state index in [2.05, 4.69) is 0 Å². The zero-order valence-corrected chi connectivity index (χ0v) is 14.4. The van der Waals surface area contributed by atoms with Crippen molar-refractivity contribution in [2.24, 2.45) is 0 Å². The number of rotatable bonds is 0. The monoisotopic (exact) mass is 304 g/mol. The fourth-order valence-electron chi connectivity index (χ4n) is 2.89. The highest BCUT2D eigenvalue weighted by atomic mass is 19.3. The predicted octanol–water partition coefficient (Wildman–Crippen LogP) is 6.52. The molecule has 0 amide bonds. The fraction of sp³-hybridized carbons (Fsp3) is 0.400. The first-order valence-electron chi connectivity index (χ1n) is 8.03. The lowest BCUT2D eigenvalue weighted by Gasteiger charge is -2.39. The third-order valence-corrected chi connectivity index (χ3v) is 3.88. The van der Waals surface area contributed by atoms with Gasteiger partial charge in [0, 0.05) is 16.5 Å². The topological polar surface area (TPSA) is 0 Å². The molecule has 2 aromatic rings. The summed E-state index contributed by atoms with van der Waals surface area (Å²) < 4.78 is 29.1. The summed E-state index contributed by atoms with van der Waals surface area (Å²) in [6, 6.07) is 13.7. The van der Waals surface area contributed by atoms with E-state index in [1.165, 1.54) is 12.1 Å². The predicted molar refractivity (Wildman–Crippen MR) is 90.7 cm³/mol. The highest BCUT2D eigenvalue weighted by Gasteiger charge is 2.47. The SMILES string of the molecule is CC.CC.CC1(C)c2ccccc2C(F)(F)c2ccccc21. The van der Waals surface area contributed by atoms with Crippen molar-refractivity contribution in [3.63, 3.8) is 0 Å². The molecule has 0 saturated carbocycles. The largest absolute Gasteiger partial charge is 0.299 e. The van der Waals surface area contributed by atoms with Crippen molar-refractivity contribution in [1.29, 1.82) is 0 Å². The lowest BCUT2D eigenvalue weighted by Crippen LogP contribution is -2.34. The quantitative estimate of drug-likeness (QED) is 0.520. The lowest BCUT2D eigenvalue weighted by molar-refractivity contribution is 0.0352. The molecule has 0 bridgehead atoms. The van der Waals surface area contributed by atoms with Crippen LogP contribution in [0, 0.1) is 0 Å². The second kappa shape index (κ2) is 7.04. The van der Waals surface area contributed by atoms with Gasteiger partial charge in [0.15, 0.2) is 0 Å². The maximum atomic E-state index is 14.5. The van der Waals surface area contributed by atoms with Gasteiger partial charge in [0.2, 0.25) is 0 Å². The number of hydrogen-bond donors (Lipinski definition) is 0. The van der Waals surface area contributed by atoms with Gasteiger partial charge in [0.25, 0.3) is 5.92 Å². The lowest BCUT2D eigenvalue weighted by atomic mass is 9.67. The average Bonchev–Trinajstić information content (AvgIpc) is 2.57. The smallest absolute Gasteiger partial charge is 0.196 e. The molecule has 22 heavy (non-hydrogen) atoms. The van der Waals surface area contributed by atoms with E-state index in [0.717, 1.165) is 0 Å². The van der Waals surface area contributed by atoms with Crippen LogP contribution in [0.25, 0.3) is 0 Å². The molecular weight excluding hydrogens is 278 g/mol. The van der Waals surface area contributed by atoms with Crippen LogP contribution in [0.1, 0.15) is 63.8 Å². The van der Waals surface area contributed by atoms with Crippen LogP contribution in [-0.2, 0) is 11.3 Å². The van der Waals surface area contributed by atoms with Crippen LogP contribution in [0.4, 0.5) is 8.78 Å². The van der Waals surface area contributed by atoms with Crippen LogP contribution in [0.3, 0.4) is 0 Å². The van der Waals surface area contributed by atoms with Crippen molar-refractivity contribution in [1.82, 2.24) is 0 Å². The zero-order chi connectivity index (χ0) is 17.0. The molecule has 0 heterocycles. The van der Waals surface area contributed by atoms with E-state index in [0.29, 0.717) is 11.1 Å². The van der Waals surface area contributed by atoms with E-state index in [4.69, 9.17) is 0 Å². The molecule has 0 aliphatic heterocycles. The molecule has 0 radical (unpaired) electrons. The number of halogens is 2. The van der Waals surface area contributed by atoms with E-state index >= 15 is 0 Å². The zero-order valence-electron chi connectivity index (χ0n) is 14.4. The summed E-state index contributed by atoms with van der Waals surface area (Å²) >= 11 is 0. The Morgan fingerprint density at radius 2 is 0.864 bits per heavy atom. The molecule has 0 fully saturated rings. The third-order valence-electron chi connectivity index (χ3n) is 3.88. The number of alkyl halides is 2. The Morgan fingerprint density at radius 3 is 1.18 bits per heavy atom. The van der Waals surface area contributed by atoms with Gasteiger partial charge < -0.3 is 0 Å². The van der Waals surface area contributed by atoms with Crippen molar-refractivity contribution >= 4 is 0 Å². The molecule has 0 spiro atoms. The highest BCUT2D eigenvalue weighted by Crippen LogP contribution is 2.50. The minimum absolute atomic E-state index is 0.133. The van der Waals surface area contributed by atoms with Crippen molar-refractivity contribution in [3.8, 4) is 0 Å². The summed E-state index contributed by atoms with van der Waals surface area (Å²) in [5, 5.41) is 0.